The summed E-state index contributed by atoms with van der Waals surface area (Å²) in [5.74, 6) is 2.29. The lowest BCUT2D eigenvalue weighted by molar-refractivity contribution is -0.120. The number of hydrogen-bond acceptors (Lipinski definition) is 11. The Morgan fingerprint density at radius 3 is 2.42 bits per heavy atom. The van der Waals surface area contributed by atoms with Crippen LogP contribution in [0.2, 0.25) is 0 Å². The second-order valence-corrected chi connectivity index (χ2v) is 18.5. The van der Waals surface area contributed by atoms with Gasteiger partial charge in [-0.1, -0.05) is 45.2 Å². The van der Waals surface area contributed by atoms with Crippen molar-refractivity contribution in [3.63, 3.8) is 0 Å². The van der Waals surface area contributed by atoms with Gasteiger partial charge in [0, 0.05) is 74.8 Å². The van der Waals surface area contributed by atoms with Crippen molar-refractivity contribution in [2.24, 2.45) is 7.05 Å². The highest BCUT2D eigenvalue weighted by atomic mass is 32.2. The summed E-state index contributed by atoms with van der Waals surface area (Å²) < 4.78 is 4.30. The highest BCUT2D eigenvalue weighted by Gasteiger charge is 2.57. The number of benzene rings is 2. The van der Waals surface area contributed by atoms with E-state index >= 15 is 0 Å². The molecule has 2 saturated carbocycles. The Labute approximate surface area is 371 Å². The first-order valence-corrected chi connectivity index (χ1v) is 23.7. The average molecular weight is 867 g/mol. The monoisotopic (exact) mass is 866 g/mol. The Kier molecular flexibility index (Phi) is 15.2. The fraction of sp³-hybridized carbons (Fsp3) is 0.574. The molecular weight excluding hydrogens is 801 g/mol. The quantitative estimate of drug-likeness (QED) is 0.0854. The molecule has 2 aliphatic carbocycles. The van der Waals surface area contributed by atoms with Gasteiger partial charge in [0.1, 0.15) is 5.82 Å². The molecule has 3 aliphatic heterocycles. The lowest BCUT2D eigenvalue weighted by atomic mass is 9.88. The van der Waals surface area contributed by atoms with Crippen LogP contribution in [0.5, 0.6) is 0 Å². The van der Waals surface area contributed by atoms with E-state index in [4.69, 9.17) is 5.11 Å². The Hall–Kier alpha value is -4.57. The SMILES string of the molecule is CC.CNC(=O)CCN(C=O)c1nn(C)c2cc(C3CCN(Cc4cc(SN5CCC(Nc6ncc7c(n6)NC(=O)C76CC6)CC5)ccc4C)CC3)ccc12.OC1CCCCC1. The van der Waals surface area contributed by atoms with Crippen LogP contribution >= 0.6 is 11.9 Å². The van der Waals surface area contributed by atoms with E-state index in [2.05, 4.69) is 83.5 Å². The molecule has 0 radical (unpaired) electrons. The van der Waals surface area contributed by atoms with E-state index in [1.165, 1.54) is 45.7 Å². The number of nitrogens with one attached hydrogen (secondary N) is 3. The number of carbonyl (C=O) groups is 3. The molecule has 14 nitrogen and oxygen atoms in total. The summed E-state index contributed by atoms with van der Waals surface area (Å²) in [5.41, 5.74) is 5.62. The number of anilines is 3. The number of amides is 3. The summed E-state index contributed by atoms with van der Waals surface area (Å²) in [6, 6.07) is 13.7. The molecule has 4 aromatic rings. The fourth-order valence-corrected chi connectivity index (χ4v) is 10.2. The predicted molar refractivity (Wildman–Crippen MR) is 247 cm³/mol. The summed E-state index contributed by atoms with van der Waals surface area (Å²) in [7, 11) is 3.50. The van der Waals surface area contributed by atoms with E-state index in [-0.39, 0.29) is 36.3 Å². The van der Waals surface area contributed by atoms with E-state index in [0.717, 1.165) is 107 Å². The van der Waals surface area contributed by atoms with Gasteiger partial charge in [0.15, 0.2) is 5.82 Å². The van der Waals surface area contributed by atoms with E-state index < -0.39 is 0 Å². The number of likely N-dealkylation sites (tertiary alicyclic amines) is 1. The smallest absolute Gasteiger partial charge is 0.236 e. The van der Waals surface area contributed by atoms with Crippen LogP contribution in [-0.4, -0.2) is 104 Å². The topological polar surface area (TPSA) is 161 Å². The molecule has 5 aliphatic rings. The maximum absolute atomic E-state index is 12.4. The van der Waals surface area contributed by atoms with Crippen molar-refractivity contribution in [3.05, 3.63) is 64.8 Å². The van der Waals surface area contributed by atoms with Gasteiger partial charge in [-0.2, -0.15) is 10.1 Å². The fourth-order valence-electron chi connectivity index (χ4n) is 9.19. The highest BCUT2D eigenvalue weighted by Crippen LogP contribution is 2.54. The third kappa shape index (κ3) is 10.6. The lowest BCUT2D eigenvalue weighted by Crippen LogP contribution is -2.36. The van der Waals surface area contributed by atoms with Gasteiger partial charge in [-0.05, 0) is 130 Å². The number of rotatable bonds is 12. The Morgan fingerprint density at radius 2 is 1.76 bits per heavy atom. The number of carbonyl (C=O) groups excluding carboxylic acids is 3. The van der Waals surface area contributed by atoms with Crippen molar-refractivity contribution in [3.8, 4) is 0 Å². The van der Waals surface area contributed by atoms with Crippen LogP contribution in [0.3, 0.4) is 0 Å². The van der Waals surface area contributed by atoms with Crippen molar-refractivity contribution in [2.75, 3.05) is 55.3 Å². The molecule has 0 bridgehead atoms. The summed E-state index contributed by atoms with van der Waals surface area (Å²) >= 11 is 1.85. The normalized spacial score (nSPS) is 19.2. The van der Waals surface area contributed by atoms with Gasteiger partial charge in [-0.15, -0.1) is 0 Å². The average Bonchev–Trinajstić information content (AvgIpc) is 3.98. The summed E-state index contributed by atoms with van der Waals surface area (Å²) in [4.78, 5) is 50.6. The zero-order chi connectivity index (χ0) is 43.8. The summed E-state index contributed by atoms with van der Waals surface area (Å²) in [6.45, 7) is 11.5. The zero-order valence-electron chi connectivity index (χ0n) is 37.3. The minimum absolute atomic E-state index is 0.0359. The maximum atomic E-state index is 12.4. The third-order valence-electron chi connectivity index (χ3n) is 13.2. The van der Waals surface area contributed by atoms with Crippen LogP contribution in [-0.2, 0) is 33.4 Å². The van der Waals surface area contributed by atoms with Crippen LogP contribution in [0.1, 0.15) is 119 Å². The molecule has 2 aromatic heterocycles. The predicted octanol–water partition coefficient (Wildman–Crippen LogP) is 7.06. The van der Waals surface area contributed by atoms with Gasteiger partial charge in [-0.25, -0.2) is 9.29 Å². The largest absolute Gasteiger partial charge is 0.393 e. The number of piperidine rings is 2. The van der Waals surface area contributed by atoms with Crippen molar-refractivity contribution in [1.82, 2.24) is 34.3 Å². The summed E-state index contributed by atoms with van der Waals surface area (Å²) in [6.07, 6.45) is 14.7. The highest BCUT2D eigenvalue weighted by molar-refractivity contribution is 7.97. The Bertz CT molecular complexity index is 2170. The maximum Gasteiger partial charge on any atom is 0.236 e. The van der Waals surface area contributed by atoms with Crippen molar-refractivity contribution in [2.45, 2.75) is 133 Å². The van der Waals surface area contributed by atoms with Crippen LogP contribution < -0.4 is 20.9 Å². The van der Waals surface area contributed by atoms with Gasteiger partial charge < -0.3 is 21.1 Å². The molecule has 4 fully saturated rings. The van der Waals surface area contributed by atoms with Crippen LogP contribution in [0.25, 0.3) is 10.9 Å². The van der Waals surface area contributed by atoms with Crippen LogP contribution in [0.15, 0.2) is 47.5 Å². The second-order valence-electron chi connectivity index (χ2n) is 17.3. The molecule has 1 spiro atoms. The standard InChI is InChI=1S/C39H48N10O3S.C6H12O.C2H6/c1-25-4-6-30(53-49-18-10-29(11-19-49)42-38-41-22-32-35(44-38)43-37(52)39(32)13-14-39)20-28(25)23-47-15-8-26(9-16-47)27-5-7-31-33(21-27)46(3)45-36(31)48(24-50)17-12-34(51)40-2;7-6-4-2-1-3-5-6;1-2/h4-7,20-22,24,26,29H,8-19,23H2,1-3H3,(H,40,51)(H2,41,42,43,44,52);6-7H,1-5H2;1-2H3. The molecular formula is C47H66N10O4S. The van der Waals surface area contributed by atoms with E-state index in [9.17, 15) is 14.4 Å². The van der Waals surface area contributed by atoms with E-state index in [1.54, 1.807) is 7.05 Å². The first-order valence-electron chi connectivity index (χ1n) is 22.9. The molecule has 4 N–H and O–H groups in total. The van der Waals surface area contributed by atoms with Crippen molar-refractivity contribution in [1.29, 1.82) is 0 Å². The number of aromatic nitrogens is 4. The molecule has 2 saturated heterocycles. The minimum atomic E-state index is -0.354. The molecule has 3 amide bonds. The minimum Gasteiger partial charge on any atom is -0.393 e. The van der Waals surface area contributed by atoms with Gasteiger partial charge in [0.2, 0.25) is 24.2 Å². The zero-order valence-corrected chi connectivity index (χ0v) is 38.1. The van der Waals surface area contributed by atoms with Gasteiger partial charge in [0.25, 0.3) is 0 Å². The molecule has 2 aromatic carbocycles. The van der Waals surface area contributed by atoms with E-state index in [0.29, 0.717) is 29.5 Å². The molecule has 9 rings (SSSR count). The number of fused-ring (bicyclic) bond motifs is 3. The first-order chi connectivity index (χ1) is 30.1. The summed E-state index contributed by atoms with van der Waals surface area (Å²) in [5, 5.41) is 23.6. The molecule has 62 heavy (non-hydrogen) atoms. The van der Waals surface area contributed by atoms with Crippen LogP contribution in [0, 0.1) is 6.92 Å². The third-order valence-corrected chi connectivity index (χ3v) is 14.3. The number of hydrogen-bond donors (Lipinski definition) is 4. The van der Waals surface area contributed by atoms with Gasteiger partial charge >= 0.3 is 0 Å². The number of aryl methyl sites for hydroxylation is 2. The van der Waals surface area contributed by atoms with Crippen molar-refractivity contribution >= 4 is 58.7 Å². The number of nitrogens with zero attached hydrogens (tertiary/aromatic N) is 7. The first kappa shape index (κ1) is 45.5. The van der Waals surface area contributed by atoms with Gasteiger partial charge in [0.05, 0.1) is 17.0 Å². The number of aliphatic hydroxyl groups is 1. The van der Waals surface area contributed by atoms with Gasteiger partial charge in [-0.3, -0.25) is 28.9 Å². The lowest BCUT2D eigenvalue weighted by Gasteiger charge is -2.33. The van der Waals surface area contributed by atoms with E-state index in [1.807, 2.05) is 43.7 Å². The number of aliphatic hydroxyl groups excluding tert-OH is 1. The molecule has 15 heteroatoms. The Morgan fingerprint density at radius 1 is 1.02 bits per heavy atom. The van der Waals surface area contributed by atoms with Crippen LogP contribution in [0.4, 0.5) is 17.6 Å². The molecule has 0 unspecified atom stereocenters. The second kappa shape index (κ2) is 20.7. The molecule has 0 atom stereocenters. The Balaban J connectivity index is 0.000000579. The van der Waals surface area contributed by atoms with Crippen molar-refractivity contribution < 1.29 is 19.5 Å². The molecule has 334 valence electrons. The molecule has 5 heterocycles.